The monoisotopic (exact) mass is 456 g/mol. The van der Waals surface area contributed by atoms with E-state index < -0.39 is 5.54 Å². The summed E-state index contributed by atoms with van der Waals surface area (Å²) in [4.78, 5) is 28.5. The smallest absolute Gasteiger partial charge is 0.250 e. The number of benzene rings is 2. The summed E-state index contributed by atoms with van der Waals surface area (Å²) in [5.74, 6) is 1.49. The average Bonchev–Trinajstić information content (AvgIpc) is 2.82. The molecule has 0 heterocycles. The van der Waals surface area contributed by atoms with E-state index in [1.165, 1.54) is 6.92 Å². The molecule has 0 atom stereocenters. The van der Waals surface area contributed by atoms with Crippen LogP contribution in [0.2, 0.25) is 0 Å². The third kappa shape index (κ3) is 6.18. The van der Waals surface area contributed by atoms with Gasteiger partial charge in [-0.1, -0.05) is 38.8 Å². The third-order valence-corrected chi connectivity index (χ3v) is 5.80. The Morgan fingerprint density at radius 1 is 0.879 bits per heavy atom. The summed E-state index contributed by atoms with van der Waals surface area (Å²) < 4.78 is 16.0. The van der Waals surface area contributed by atoms with E-state index in [0.717, 1.165) is 24.2 Å². The SMILES string of the molecule is CCCC(CCC)(C(=O)Nc1ccc(OC)cc1OC)N(Cc1ccc(OC)cc1)C(C)=O. The Morgan fingerprint density at radius 2 is 1.45 bits per heavy atom. The third-order valence-electron chi connectivity index (χ3n) is 5.80. The minimum atomic E-state index is -1.000. The normalized spacial score (nSPS) is 11.0. The number of hydrogen-bond acceptors (Lipinski definition) is 5. The van der Waals surface area contributed by atoms with Gasteiger partial charge in [0.05, 0.1) is 27.0 Å². The van der Waals surface area contributed by atoms with Gasteiger partial charge in [-0.25, -0.2) is 0 Å². The van der Waals surface area contributed by atoms with Gasteiger partial charge in [-0.3, -0.25) is 9.59 Å². The minimum absolute atomic E-state index is 0.149. The summed E-state index contributed by atoms with van der Waals surface area (Å²) in [5.41, 5.74) is 0.463. The van der Waals surface area contributed by atoms with Crippen molar-refractivity contribution in [2.24, 2.45) is 0 Å². The molecular formula is C26H36N2O5. The predicted molar refractivity (Wildman–Crippen MR) is 130 cm³/mol. The van der Waals surface area contributed by atoms with Gasteiger partial charge in [-0.2, -0.15) is 0 Å². The van der Waals surface area contributed by atoms with Crippen LogP contribution in [0.25, 0.3) is 0 Å². The van der Waals surface area contributed by atoms with E-state index in [2.05, 4.69) is 5.32 Å². The van der Waals surface area contributed by atoms with Crippen LogP contribution in [-0.2, 0) is 16.1 Å². The van der Waals surface area contributed by atoms with Crippen LogP contribution in [-0.4, -0.2) is 43.6 Å². The van der Waals surface area contributed by atoms with Gasteiger partial charge in [-0.15, -0.1) is 0 Å². The summed E-state index contributed by atoms with van der Waals surface area (Å²) in [6, 6.07) is 12.8. The molecule has 180 valence electrons. The molecule has 0 unspecified atom stereocenters. The zero-order valence-electron chi connectivity index (χ0n) is 20.6. The first kappa shape index (κ1) is 26.0. The lowest BCUT2D eigenvalue weighted by molar-refractivity contribution is -0.146. The van der Waals surface area contributed by atoms with Gasteiger partial charge >= 0.3 is 0 Å². The molecule has 0 fully saturated rings. The van der Waals surface area contributed by atoms with Crippen molar-refractivity contribution in [1.82, 2.24) is 4.90 Å². The Labute approximate surface area is 197 Å². The van der Waals surface area contributed by atoms with Gasteiger partial charge < -0.3 is 24.4 Å². The molecule has 7 nitrogen and oxygen atoms in total. The van der Waals surface area contributed by atoms with Crippen molar-refractivity contribution in [3.05, 3.63) is 48.0 Å². The highest BCUT2D eigenvalue weighted by Crippen LogP contribution is 2.34. The Hall–Kier alpha value is -3.22. The van der Waals surface area contributed by atoms with E-state index in [1.807, 2.05) is 38.1 Å². The van der Waals surface area contributed by atoms with Crippen molar-refractivity contribution < 1.29 is 23.8 Å². The van der Waals surface area contributed by atoms with Gasteiger partial charge in [0.2, 0.25) is 11.8 Å². The highest BCUT2D eigenvalue weighted by Gasteiger charge is 2.44. The number of methoxy groups -OCH3 is 3. The van der Waals surface area contributed by atoms with Crippen LogP contribution in [0, 0.1) is 0 Å². The van der Waals surface area contributed by atoms with Crippen molar-refractivity contribution in [3.8, 4) is 17.2 Å². The second-order valence-corrected chi connectivity index (χ2v) is 8.01. The molecule has 0 aliphatic carbocycles. The zero-order valence-corrected chi connectivity index (χ0v) is 20.6. The zero-order chi connectivity index (χ0) is 24.4. The van der Waals surface area contributed by atoms with E-state index in [0.29, 0.717) is 36.6 Å². The molecule has 0 aliphatic rings. The van der Waals surface area contributed by atoms with Gasteiger partial charge in [0.25, 0.3) is 0 Å². The fourth-order valence-corrected chi connectivity index (χ4v) is 4.19. The van der Waals surface area contributed by atoms with E-state index in [-0.39, 0.29) is 11.8 Å². The summed E-state index contributed by atoms with van der Waals surface area (Å²) in [6.07, 6.45) is 2.58. The minimum Gasteiger partial charge on any atom is -0.497 e. The Morgan fingerprint density at radius 3 is 1.94 bits per heavy atom. The number of amides is 2. The van der Waals surface area contributed by atoms with Crippen molar-refractivity contribution >= 4 is 17.5 Å². The number of anilines is 1. The number of ether oxygens (including phenoxy) is 3. The van der Waals surface area contributed by atoms with E-state index in [1.54, 1.807) is 44.4 Å². The quantitative estimate of drug-likeness (QED) is 0.484. The molecule has 0 saturated heterocycles. The maximum atomic E-state index is 13.9. The van der Waals surface area contributed by atoms with Gasteiger partial charge in [0, 0.05) is 19.5 Å². The lowest BCUT2D eigenvalue weighted by Crippen LogP contribution is -2.58. The lowest BCUT2D eigenvalue weighted by Gasteiger charge is -2.42. The second kappa shape index (κ2) is 12.1. The van der Waals surface area contributed by atoms with Crippen molar-refractivity contribution in [2.75, 3.05) is 26.6 Å². The first-order chi connectivity index (χ1) is 15.8. The Bertz CT molecular complexity index is 921. The number of rotatable bonds is 12. The molecule has 7 heteroatoms. The van der Waals surface area contributed by atoms with Gasteiger partial charge in [0.1, 0.15) is 22.8 Å². The molecule has 2 aromatic carbocycles. The first-order valence-electron chi connectivity index (χ1n) is 11.3. The van der Waals surface area contributed by atoms with E-state index in [4.69, 9.17) is 14.2 Å². The average molecular weight is 457 g/mol. The van der Waals surface area contributed by atoms with Crippen LogP contribution < -0.4 is 19.5 Å². The largest absolute Gasteiger partial charge is 0.497 e. The van der Waals surface area contributed by atoms with Crippen molar-refractivity contribution in [2.45, 2.75) is 58.5 Å². The highest BCUT2D eigenvalue weighted by atomic mass is 16.5. The molecule has 0 bridgehead atoms. The summed E-state index contributed by atoms with van der Waals surface area (Å²) in [5, 5.41) is 3.03. The van der Waals surface area contributed by atoms with Crippen LogP contribution in [0.5, 0.6) is 17.2 Å². The lowest BCUT2D eigenvalue weighted by atomic mass is 9.84. The predicted octanol–water partition coefficient (Wildman–Crippen LogP) is 5.04. The van der Waals surface area contributed by atoms with E-state index >= 15 is 0 Å². The first-order valence-corrected chi connectivity index (χ1v) is 11.3. The molecule has 2 rings (SSSR count). The maximum Gasteiger partial charge on any atom is 0.250 e. The summed E-state index contributed by atoms with van der Waals surface area (Å²) in [7, 11) is 4.73. The fourth-order valence-electron chi connectivity index (χ4n) is 4.19. The number of nitrogens with one attached hydrogen (secondary N) is 1. The van der Waals surface area contributed by atoms with E-state index in [9.17, 15) is 9.59 Å². The molecule has 2 aromatic rings. The summed E-state index contributed by atoms with van der Waals surface area (Å²) in [6.45, 7) is 5.89. The summed E-state index contributed by atoms with van der Waals surface area (Å²) >= 11 is 0. The molecule has 2 amide bonds. The molecule has 0 spiro atoms. The number of hydrogen-bond donors (Lipinski definition) is 1. The van der Waals surface area contributed by atoms with Crippen LogP contribution in [0.3, 0.4) is 0 Å². The van der Waals surface area contributed by atoms with Crippen LogP contribution >= 0.6 is 0 Å². The number of carbonyl (C=O) groups is 2. The molecule has 0 aromatic heterocycles. The van der Waals surface area contributed by atoms with Gasteiger partial charge in [-0.05, 0) is 42.7 Å². The second-order valence-electron chi connectivity index (χ2n) is 8.01. The van der Waals surface area contributed by atoms with Crippen LogP contribution in [0.4, 0.5) is 5.69 Å². The molecule has 0 aliphatic heterocycles. The fraction of sp³-hybridized carbons (Fsp3) is 0.462. The highest BCUT2D eigenvalue weighted by molar-refractivity contribution is 6.01. The Balaban J connectivity index is 2.46. The molecular weight excluding hydrogens is 420 g/mol. The van der Waals surface area contributed by atoms with Crippen molar-refractivity contribution in [3.63, 3.8) is 0 Å². The van der Waals surface area contributed by atoms with Crippen LogP contribution in [0.1, 0.15) is 52.0 Å². The topological polar surface area (TPSA) is 77.1 Å². The van der Waals surface area contributed by atoms with Crippen LogP contribution in [0.15, 0.2) is 42.5 Å². The molecule has 33 heavy (non-hydrogen) atoms. The Kier molecular flexibility index (Phi) is 9.57. The molecule has 0 radical (unpaired) electrons. The molecule has 1 N–H and O–H groups in total. The number of nitrogens with zero attached hydrogens (tertiary/aromatic N) is 1. The van der Waals surface area contributed by atoms with Crippen molar-refractivity contribution in [1.29, 1.82) is 0 Å². The number of carbonyl (C=O) groups excluding carboxylic acids is 2. The molecule has 0 saturated carbocycles. The maximum absolute atomic E-state index is 13.9. The standard InChI is InChI=1S/C26H36N2O5/c1-7-15-26(16-8-2,25(30)27-23-14-13-22(32-5)17-24(23)33-6)28(19(3)29)18-20-9-11-21(31-4)12-10-20/h9-14,17H,7-8,15-16,18H2,1-6H3,(H,27,30). The van der Waals surface area contributed by atoms with Gasteiger partial charge in [0.15, 0.2) is 0 Å².